The van der Waals surface area contributed by atoms with Crippen molar-refractivity contribution in [1.82, 2.24) is 0 Å². The van der Waals surface area contributed by atoms with Gasteiger partial charge in [0, 0.05) is 4.90 Å². The summed E-state index contributed by atoms with van der Waals surface area (Å²) in [7, 11) is 0. The van der Waals surface area contributed by atoms with Gasteiger partial charge in [-0.3, -0.25) is 0 Å². The summed E-state index contributed by atoms with van der Waals surface area (Å²) in [6.07, 6.45) is 0.853. The third-order valence-electron chi connectivity index (χ3n) is 2.32. The molecule has 0 saturated heterocycles. The van der Waals surface area contributed by atoms with Gasteiger partial charge in [-0.15, -0.1) is 11.8 Å². The summed E-state index contributed by atoms with van der Waals surface area (Å²) in [6.45, 7) is 6.30. The number of benzene rings is 1. The maximum Gasteiger partial charge on any atom is 0.0772 e. The molecule has 1 aromatic carbocycles. The minimum Gasteiger partial charge on any atom is -0.389 e. The highest BCUT2D eigenvalue weighted by Crippen LogP contribution is 2.28. The molecule has 0 aliphatic carbocycles. The molecule has 0 heterocycles. The Bertz CT molecular complexity index is 294. The van der Waals surface area contributed by atoms with Gasteiger partial charge in [0.1, 0.15) is 0 Å². The minimum absolute atomic E-state index is 0.368. The fourth-order valence-electron chi connectivity index (χ4n) is 1.36. The van der Waals surface area contributed by atoms with E-state index in [2.05, 4.69) is 19.9 Å². The Kier molecular flexibility index (Phi) is 5.20. The number of hydrogen-bond acceptors (Lipinski definition) is 2. The molecule has 0 saturated carbocycles. The van der Waals surface area contributed by atoms with Crippen molar-refractivity contribution in [3.05, 3.63) is 29.8 Å². The van der Waals surface area contributed by atoms with Crippen LogP contribution in [0.2, 0.25) is 0 Å². The highest BCUT2D eigenvalue weighted by molar-refractivity contribution is 7.99. The number of hydrogen-bond donors (Lipinski definition) is 1. The maximum atomic E-state index is 9.60. The SMILES string of the molecule is CC(C)CCSc1ccccc1[C@H](C)O. The summed E-state index contributed by atoms with van der Waals surface area (Å²) in [5, 5.41) is 9.60. The van der Waals surface area contributed by atoms with Gasteiger partial charge in [-0.25, -0.2) is 0 Å². The first-order chi connectivity index (χ1) is 7.11. The normalized spacial score (nSPS) is 13.1. The second kappa shape index (κ2) is 6.19. The second-order valence-electron chi connectivity index (χ2n) is 4.24. The highest BCUT2D eigenvalue weighted by Gasteiger charge is 2.07. The fraction of sp³-hybridized carbons (Fsp3) is 0.538. The van der Waals surface area contributed by atoms with E-state index in [4.69, 9.17) is 0 Å². The van der Waals surface area contributed by atoms with Crippen LogP contribution in [0.3, 0.4) is 0 Å². The van der Waals surface area contributed by atoms with Crippen LogP contribution in [0.1, 0.15) is 38.9 Å². The molecule has 0 aromatic heterocycles. The molecule has 0 spiro atoms. The number of thioether (sulfide) groups is 1. The van der Waals surface area contributed by atoms with Gasteiger partial charge < -0.3 is 5.11 Å². The average molecular weight is 224 g/mol. The van der Waals surface area contributed by atoms with Gasteiger partial charge in [-0.2, -0.15) is 0 Å². The second-order valence-corrected chi connectivity index (χ2v) is 5.38. The highest BCUT2D eigenvalue weighted by atomic mass is 32.2. The monoisotopic (exact) mass is 224 g/mol. The summed E-state index contributed by atoms with van der Waals surface area (Å²) in [6, 6.07) is 8.10. The van der Waals surface area contributed by atoms with Crippen LogP contribution in [-0.2, 0) is 0 Å². The molecule has 1 rings (SSSR count). The predicted octanol–water partition coefficient (Wildman–Crippen LogP) is 3.88. The van der Waals surface area contributed by atoms with Crippen molar-refractivity contribution in [3.63, 3.8) is 0 Å². The zero-order chi connectivity index (χ0) is 11.3. The van der Waals surface area contributed by atoms with Crippen LogP contribution >= 0.6 is 11.8 Å². The molecule has 0 radical (unpaired) electrons. The first-order valence-corrected chi connectivity index (χ1v) is 6.49. The Morgan fingerprint density at radius 2 is 1.87 bits per heavy atom. The van der Waals surface area contributed by atoms with Crippen molar-refractivity contribution in [2.24, 2.45) is 5.92 Å². The fourth-order valence-corrected chi connectivity index (χ4v) is 2.75. The maximum absolute atomic E-state index is 9.60. The molecule has 15 heavy (non-hydrogen) atoms. The summed E-state index contributed by atoms with van der Waals surface area (Å²) >= 11 is 1.84. The van der Waals surface area contributed by atoms with E-state index in [1.807, 2.05) is 36.9 Å². The van der Waals surface area contributed by atoms with Gasteiger partial charge in [0.15, 0.2) is 0 Å². The van der Waals surface area contributed by atoms with Crippen molar-refractivity contribution in [3.8, 4) is 0 Å². The Morgan fingerprint density at radius 3 is 2.47 bits per heavy atom. The Labute approximate surface area is 96.9 Å². The van der Waals surface area contributed by atoms with Crippen LogP contribution in [0.5, 0.6) is 0 Å². The van der Waals surface area contributed by atoms with Gasteiger partial charge in [0.05, 0.1) is 6.10 Å². The van der Waals surface area contributed by atoms with Gasteiger partial charge in [0.25, 0.3) is 0 Å². The molecule has 1 atom stereocenters. The van der Waals surface area contributed by atoms with Gasteiger partial charge in [0.2, 0.25) is 0 Å². The molecule has 0 unspecified atom stereocenters. The largest absolute Gasteiger partial charge is 0.389 e. The van der Waals surface area contributed by atoms with E-state index in [9.17, 15) is 5.11 Å². The van der Waals surface area contributed by atoms with Crippen molar-refractivity contribution >= 4 is 11.8 Å². The lowest BCUT2D eigenvalue weighted by Crippen LogP contribution is -1.95. The molecular weight excluding hydrogens is 204 g/mol. The van der Waals surface area contributed by atoms with Crippen LogP contribution < -0.4 is 0 Å². The van der Waals surface area contributed by atoms with Crippen LogP contribution in [0.25, 0.3) is 0 Å². The van der Waals surface area contributed by atoms with Crippen LogP contribution in [-0.4, -0.2) is 10.9 Å². The topological polar surface area (TPSA) is 20.2 Å². The van der Waals surface area contributed by atoms with E-state index in [-0.39, 0.29) is 6.10 Å². The van der Waals surface area contributed by atoms with Crippen molar-refractivity contribution < 1.29 is 5.11 Å². The summed E-state index contributed by atoms with van der Waals surface area (Å²) in [5.74, 6) is 1.87. The molecule has 0 aliphatic heterocycles. The van der Waals surface area contributed by atoms with E-state index >= 15 is 0 Å². The lowest BCUT2D eigenvalue weighted by Gasteiger charge is -2.11. The molecule has 0 aliphatic rings. The molecule has 1 N–H and O–H groups in total. The van der Waals surface area contributed by atoms with Crippen LogP contribution in [0.15, 0.2) is 29.2 Å². The minimum atomic E-state index is -0.368. The van der Waals surface area contributed by atoms with Gasteiger partial charge >= 0.3 is 0 Å². The van der Waals surface area contributed by atoms with Crippen molar-refractivity contribution in [2.45, 2.75) is 38.2 Å². The van der Waals surface area contributed by atoms with Gasteiger partial charge in [-0.1, -0.05) is 32.0 Å². The van der Waals surface area contributed by atoms with E-state index in [0.717, 1.165) is 17.2 Å². The lowest BCUT2D eigenvalue weighted by atomic mass is 10.1. The molecular formula is C13H20OS. The first kappa shape index (κ1) is 12.6. The predicted molar refractivity (Wildman–Crippen MR) is 67.3 cm³/mol. The molecule has 0 amide bonds. The van der Waals surface area contributed by atoms with E-state index < -0.39 is 0 Å². The summed E-state index contributed by atoms with van der Waals surface area (Å²) in [4.78, 5) is 1.22. The number of aliphatic hydroxyl groups is 1. The summed E-state index contributed by atoms with van der Waals surface area (Å²) in [5.41, 5.74) is 1.05. The standard InChI is InChI=1S/C13H20OS/c1-10(2)8-9-15-13-7-5-4-6-12(13)11(3)14/h4-7,10-11,14H,8-9H2,1-3H3/t11-/m0/s1. The van der Waals surface area contributed by atoms with E-state index in [1.165, 1.54) is 11.3 Å². The van der Waals surface area contributed by atoms with Crippen LogP contribution in [0.4, 0.5) is 0 Å². The summed E-state index contributed by atoms with van der Waals surface area (Å²) < 4.78 is 0. The molecule has 2 heteroatoms. The quantitative estimate of drug-likeness (QED) is 0.766. The lowest BCUT2D eigenvalue weighted by molar-refractivity contribution is 0.196. The smallest absolute Gasteiger partial charge is 0.0772 e. The van der Waals surface area contributed by atoms with E-state index in [1.54, 1.807) is 0 Å². The molecule has 1 aromatic rings. The molecule has 0 fully saturated rings. The number of rotatable bonds is 5. The Morgan fingerprint density at radius 1 is 1.20 bits per heavy atom. The van der Waals surface area contributed by atoms with E-state index in [0.29, 0.717) is 0 Å². The third-order valence-corrected chi connectivity index (χ3v) is 3.44. The zero-order valence-electron chi connectivity index (χ0n) is 9.73. The Balaban J connectivity index is 2.59. The Hall–Kier alpha value is -0.470. The average Bonchev–Trinajstić information content (AvgIpc) is 2.17. The molecule has 0 bridgehead atoms. The van der Waals surface area contributed by atoms with Crippen molar-refractivity contribution in [2.75, 3.05) is 5.75 Å². The number of aliphatic hydroxyl groups excluding tert-OH is 1. The van der Waals surface area contributed by atoms with Crippen LogP contribution in [0, 0.1) is 5.92 Å². The van der Waals surface area contributed by atoms with Crippen molar-refractivity contribution in [1.29, 1.82) is 0 Å². The molecule has 1 nitrogen and oxygen atoms in total. The zero-order valence-corrected chi connectivity index (χ0v) is 10.6. The molecule has 84 valence electrons. The third kappa shape index (κ3) is 4.27. The van der Waals surface area contributed by atoms with Gasteiger partial charge in [-0.05, 0) is 36.6 Å². The first-order valence-electron chi connectivity index (χ1n) is 5.51.